The molecule has 0 spiro atoms. The summed E-state index contributed by atoms with van der Waals surface area (Å²) in [4.78, 5) is 15.8. The quantitative estimate of drug-likeness (QED) is 0.871. The molecule has 19 heavy (non-hydrogen) atoms. The van der Waals surface area contributed by atoms with Crippen LogP contribution in [0.1, 0.15) is 23.3 Å². The highest BCUT2D eigenvalue weighted by Gasteiger charge is 2.30. The maximum Gasteiger partial charge on any atom is 0.246 e. The first-order valence-corrected chi connectivity index (χ1v) is 5.76. The summed E-state index contributed by atoms with van der Waals surface area (Å²) in [5.74, 6) is 0.333. The van der Waals surface area contributed by atoms with Crippen LogP contribution in [0.3, 0.4) is 0 Å². The number of aryl methyl sites for hydroxylation is 1. The lowest BCUT2D eigenvalue weighted by Gasteiger charge is -2.08. The summed E-state index contributed by atoms with van der Waals surface area (Å²) in [7, 11) is 0. The Kier molecular flexibility index (Phi) is 2.75. The SMILES string of the molecule is Cc1noc(CNC2C(=O)Nc3cc(F)ccc32)n1. The number of nitrogens with one attached hydrogen (secondary N) is 2. The Bertz CT molecular complexity index is 640. The number of aromatic nitrogens is 2. The minimum absolute atomic E-state index is 0.225. The fourth-order valence-electron chi connectivity index (χ4n) is 2.04. The number of hydrogen-bond acceptors (Lipinski definition) is 5. The van der Waals surface area contributed by atoms with Crippen molar-refractivity contribution < 1.29 is 13.7 Å². The monoisotopic (exact) mass is 262 g/mol. The first-order valence-electron chi connectivity index (χ1n) is 5.76. The molecule has 0 aliphatic carbocycles. The van der Waals surface area contributed by atoms with Gasteiger partial charge in [-0.25, -0.2) is 4.39 Å². The van der Waals surface area contributed by atoms with Crippen molar-refractivity contribution in [3.63, 3.8) is 0 Å². The number of nitrogens with zero attached hydrogens (tertiary/aromatic N) is 2. The molecule has 2 N–H and O–H groups in total. The number of fused-ring (bicyclic) bond motifs is 1. The molecule has 0 bridgehead atoms. The molecule has 1 unspecified atom stereocenters. The van der Waals surface area contributed by atoms with Crippen molar-refractivity contribution in [2.75, 3.05) is 5.32 Å². The fourth-order valence-corrected chi connectivity index (χ4v) is 2.04. The van der Waals surface area contributed by atoms with Crippen molar-refractivity contribution in [1.82, 2.24) is 15.5 Å². The third kappa shape index (κ3) is 2.19. The molecular weight excluding hydrogens is 251 g/mol. The molecule has 1 aromatic heterocycles. The molecule has 98 valence electrons. The van der Waals surface area contributed by atoms with E-state index in [0.29, 0.717) is 23.0 Å². The average Bonchev–Trinajstić information content (AvgIpc) is 2.89. The zero-order valence-electron chi connectivity index (χ0n) is 10.1. The standard InChI is InChI=1S/C12H11FN4O2/c1-6-15-10(19-17-6)5-14-11-8-3-2-7(13)4-9(8)16-12(11)18/h2-4,11,14H,5H2,1H3,(H,16,18). The molecule has 0 saturated heterocycles. The topological polar surface area (TPSA) is 80.0 Å². The van der Waals surface area contributed by atoms with E-state index in [1.165, 1.54) is 12.1 Å². The van der Waals surface area contributed by atoms with Gasteiger partial charge in [-0.2, -0.15) is 4.98 Å². The molecule has 1 aromatic carbocycles. The van der Waals surface area contributed by atoms with E-state index < -0.39 is 6.04 Å². The van der Waals surface area contributed by atoms with Gasteiger partial charge in [-0.05, 0) is 19.1 Å². The molecule has 1 aliphatic heterocycles. The number of anilines is 1. The zero-order chi connectivity index (χ0) is 13.4. The molecule has 0 fully saturated rings. The number of benzene rings is 1. The Labute approximate surface area is 108 Å². The molecule has 1 atom stereocenters. The lowest BCUT2D eigenvalue weighted by molar-refractivity contribution is -0.117. The van der Waals surface area contributed by atoms with Gasteiger partial charge in [-0.15, -0.1) is 0 Å². The van der Waals surface area contributed by atoms with Gasteiger partial charge in [0.15, 0.2) is 5.82 Å². The van der Waals surface area contributed by atoms with Crippen LogP contribution in [0, 0.1) is 12.7 Å². The third-order valence-electron chi connectivity index (χ3n) is 2.87. The van der Waals surface area contributed by atoms with E-state index in [1.807, 2.05) is 0 Å². The van der Waals surface area contributed by atoms with Crippen LogP contribution < -0.4 is 10.6 Å². The second kappa shape index (κ2) is 4.43. The normalized spacial score (nSPS) is 17.4. The lowest BCUT2D eigenvalue weighted by atomic mass is 10.1. The second-order valence-electron chi connectivity index (χ2n) is 4.27. The van der Waals surface area contributed by atoms with Crippen molar-refractivity contribution in [1.29, 1.82) is 0 Å². The van der Waals surface area contributed by atoms with E-state index in [0.717, 1.165) is 0 Å². The summed E-state index contributed by atoms with van der Waals surface area (Å²) in [5, 5.41) is 9.29. The Morgan fingerprint density at radius 1 is 1.53 bits per heavy atom. The van der Waals surface area contributed by atoms with Crippen LogP contribution in [0.4, 0.5) is 10.1 Å². The molecule has 3 rings (SSSR count). The summed E-state index contributed by atoms with van der Waals surface area (Å²) in [6.07, 6.45) is 0. The largest absolute Gasteiger partial charge is 0.338 e. The number of carbonyl (C=O) groups is 1. The predicted molar refractivity (Wildman–Crippen MR) is 63.6 cm³/mol. The summed E-state index contributed by atoms with van der Waals surface area (Å²) in [5.41, 5.74) is 1.20. The Morgan fingerprint density at radius 2 is 2.37 bits per heavy atom. The van der Waals surface area contributed by atoms with Crippen molar-refractivity contribution in [3.8, 4) is 0 Å². The molecule has 0 saturated carbocycles. The molecule has 0 radical (unpaired) electrons. The summed E-state index contributed by atoms with van der Waals surface area (Å²) < 4.78 is 18.0. The van der Waals surface area contributed by atoms with Gasteiger partial charge in [0, 0.05) is 11.3 Å². The summed E-state index contributed by atoms with van der Waals surface area (Å²) in [6, 6.07) is 3.66. The van der Waals surface area contributed by atoms with E-state index in [4.69, 9.17) is 4.52 Å². The van der Waals surface area contributed by atoms with Gasteiger partial charge >= 0.3 is 0 Å². The van der Waals surface area contributed by atoms with Gasteiger partial charge in [-0.1, -0.05) is 11.2 Å². The zero-order valence-corrected chi connectivity index (χ0v) is 10.1. The summed E-state index contributed by atoms with van der Waals surface area (Å²) >= 11 is 0. The van der Waals surface area contributed by atoms with Crippen LogP contribution in [-0.4, -0.2) is 16.0 Å². The minimum Gasteiger partial charge on any atom is -0.338 e. The number of halogens is 1. The highest BCUT2D eigenvalue weighted by atomic mass is 19.1. The number of hydrogen-bond donors (Lipinski definition) is 2. The van der Waals surface area contributed by atoms with E-state index in [2.05, 4.69) is 20.8 Å². The van der Waals surface area contributed by atoms with E-state index >= 15 is 0 Å². The molecule has 1 aliphatic rings. The number of carbonyl (C=O) groups excluding carboxylic acids is 1. The van der Waals surface area contributed by atoms with Gasteiger partial charge in [0.2, 0.25) is 11.8 Å². The Hall–Kier alpha value is -2.28. The molecule has 2 heterocycles. The van der Waals surface area contributed by atoms with Crippen LogP contribution >= 0.6 is 0 Å². The van der Waals surface area contributed by atoms with E-state index in [-0.39, 0.29) is 18.3 Å². The van der Waals surface area contributed by atoms with E-state index in [9.17, 15) is 9.18 Å². The molecule has 2 aromatic rings. The van der Waals surface area contributed by atoms with Crippen LogP contribution in [0.5, 0.6) is 0 Å². The minimum atomic E-state index is -0.539. The van der Waals surface area contributed by atoms with Gasteiger partial charge in [-0.3, -0.25) is 10.1 Å². The highest BCUT2D eigenvalue weighted by Crippen LogP contribution is 2.31. The third-order valence-corrected chi connectivity index (χ3v) is 2.87. The lowest BCUT2D eigenvalue weighted by Crippen LogP contribution is -2.27. The Balaban J connectivity index is 1.77. The smallest absolute Gasteiger partial charge is 0.246 e. The van der Waals surface area contributed by atoms with E-state index in [1.54, 1.807) is 13.0 Å². The Morgan fingerprint density at radius 3 is 3.11 bits per heavy atom. The van der Waals surface area contributed by atoms with Crippen molar-refractivity contribution >= 4 is 11.6 Å². The van der Waals surface area contributed by atoms with Gasteiger partial charge in [0.05, 0.1) is 6.54 Å². The van der Waals surface area contributed by atoms with Crippen LogP contribution in [0.2, 0.25) is 0 Å². The number of amides is 1. The van der Waals surface area contributed by atoms with Crippen LogP contribution in [0.25, 0.3) is 0 Å². The summed E-state index contributed by atoms with van der Waals surface area (Å²) in [6.45, 7) is 1.99. The van der Waals surface area contributed by atoms with Crippen LogP contribution in [-0.2, 0) is 11.3 Å². The molecule has 1 amide bonds. The molecule has 7 heteroatoms. The van der Waals surface area contributed by atoms with Crippen molar-refractivity contribution in [2.24, 2.45) is 0 Å². The molecular formula is C12H11FN4O2. The maximum absolute atomic E-state index is 13.1. The molecule has 6 nitrogen and oxygen atoms in total. The first-order chi connectivity index (χ1) is 9.13. The van der Waals surface area contributed by atoms with Crippen molar-refractivity contribution in [2.45, 2.75) is 19.5 Å². The van der Waals surface area contributed by atoms with Gasteiger partial charge in [0.1, 0.15) is 11.9 Å². The maximum atomic E-state index is 13.1. The first kappa shape index (κ1) is 11.8. The number of rotatable bonds is 3. The van der Waals surface area contributed by atoms with Gasteiger partial charge < -0.3 is 9.84 Å². The fraction of sp³-hybridized carbons (Fsp3) is 0.250. The second-order valence-corrected chi connectivity index (χ2v) is 4.27. The predicted octanol–water partition coefficient (Wildman–Crippen LogP) is 1.30. The van der Waals surface area contributed by atoms with Crippen LogP contribution in [0.15, 0.2) is 22.7 Å². The van der Waals surface area contributed by atoms with Crippen molar-refractivity contribution in [3.05, 3.63) is 41.3 Å². The highest BCUT2D eigenvalue weighted by molar-refractivity contribution is 6.02. The average molecular weight is 262 g/mol. The van der Waals surface area contributed by atoms with Gasteiger partial charge in [0.25, 0.3) is 0 Å².